The molecule has 0 N–H and O–H groups in total. The summed E-state index contributed by atoms with van der Waals surface area (Å²) in [6.07, 6.45) is 3.73. The van der Waals surface area contributed by atoms with Gasteiger partial charge in [0.2, 0.25) is 8.32 Å². The molecule has 1 aromatic carbocycles. The normalized spacial score (nSPS) is 13.1. The lowest BCUT2D eigenvalue weighted by molar-refractivity contribution is 0.417. The molecular weight excluding hydrogens is 214 g/mol. The third kappa shape index (κ3) is 4.93. The van der Waals surface area contributed by atoms with Gasteiger partial charge in [-0.3, -0.25) is 0 Å². The van der Waals surface area contributed by atoms with E-state index in [-0.39, 0.29) is 0 Å². The summed E-state index contributed by atoms with van der Waals surface area (Å²) in [6.45, 7) is 8.38. The Balaban J connectivity index is 2.69. The number of aliphatic imine (C=N–C) groups is 1. The van der Waals surface area contributed by atoms with Gasteiger partial charge in [0.05, 0.1) is 0 Å². The van der Waals surface area contributed by atoms with Gasteiger partial charge in [0.25, 0.3) is 0 Å². The number of nitrogens with zero attached hydrogens (tertiary/aromatic N) is 1. The van der Waals surface area contributed by atoms with E-state index in [1.54, 1.807) is 0 Å². The SMILES string of the molecule is C/C=C(\N=C\c1ccccc1)O[Si](C)(C)C. The zero-order chi connectivity index (χ0) is 12.0. The monoisotopic (exact) mass is 233 g/mol. The molecule has 16 heavy (non-hydrogen) atoms. The molecule has 0 fully saturated rings. The molecule has 0 spiro atoms. The average molecular weight is 233 g/mol. The van der Waals surface area contributed by atoms with Crippen molar-refractivity contribution in [3.8, 4) is 0 Å². The number of allylic oxidation sites excluding steroid dienone is 1. The Hall–Kier alpha value is -1.35. The van der Waals surface area contributed by atoms with Crippen LogP contribution in [-0.2, 0) is 4.43 Å². The van der Waals surface area contributed by atoms with E-state index in [9.17, 15) is 0 Å². The van der Waals surface area contributed by atoms with Crippen LogP contribution in [0, 0.1) is 0 Å². The third-order valence-electron chi connectivity index (χ3n) is 1.80. The standard InChI is InChI=1S/C13H19NOSi/c1-5-13(15-16(2,3)4)14-11-12-9-7-6-8-10-12/h5-11H,1-4H3/b13-5+,14-11+. The first kappa shape index (κ1) is 12.7. The van der Waals surface area contributed by atoms with Gasteiger partial charge >= 0.3 is 0 Å². The smallest absolute Gasteiger partial charge is 0.244 e. The summed E-state index contributed by atoms with van der Waals surface area (Å²) in [6, 6.07) is 10.0. The van der Waals surface area contributed by atoms with Crippen LogP contribution in [0.4, 0.5) is 0 Å². The molecule has 0 saturated carbocycles. The molecule has 0 saturated heterocycles. The van der Waals surface area contributed by atoms with E-state index in [0.29, 0.717) is 5.88 Å². The molecule has 0 aromatic heterocycles. The van der Waals surface area contributed by atoms with Crippen LogP contribution in [0.5, 0.6) is 0 Å². The second-order valence-electron chi connectivity index (χ2n) is 4.51. The molecular formula is C13H19NOSi. The largest absolute Gasteiger partial charge is 0.532 e. The van der Waals surface area contributed by atoms with E-state index >= 15 is 0 Å². The van der Waals surface area contributed by atoms with Crippen molar-refractivity contribution in [1.29, 1.82) is 0 Å². The fourth-order valence-corrected chi connectivity index (χ4v) is 1.95. The maximum absolute atomic E-state index is 5.81. The molecule has 1 rings (SSSR count). The van der Waals surface area contributed by atoms with Crippen LogP contribution in [0.3, 0.4) is 0 Å². The highest BCUT2D eigenvalue weighted by molar-refractivity contribution is 6.70. The summed E-state index contributed by atoms with van der Waals surface area (Å²) in [5, 5.41) is 0. The summed E-state index contributed by atoms with van der Waals surface area (Å²) in [5.74, 6) is 0.711. The Kier molecular flexibility index (Phi) is 4.49. The number of rotatable bonds is 4. The van der Waals surface area contributed by atoms with Crippen LogP contribution in [0.25, 0.3) is 0 Å². The van der Waals surface area contributed by atoms with Gasteiger partial charge in [0.15, 0.2) is 5.88 Å². The molecule has 0 aliphatic heterocycles. The molecule has 0 heterocycles. The number of hydrogen-bond acceptors (Lipinski definition) is 2. The molecule has 1 aromatic rings. The minimum Gasteiger partial charge on any atom is -0.532 e. The van der Waals surface area contributed by atoms with E-state index in [1.165, 1.54) is 0 Å². The zero-order valence-corrected chi connectivity index (χ0v) is 11.4. The lowest BCUT2D eigenvalue weighted by Crippen LogP contribution is -2.24. The van der Waals surface area contributed by atoms with Crippen molar-refractivity contribution in [2.75, 3.05) is 0 Å². The van der Waals surface area contributed by atoms with Crippen molar-refractivity contribution >= 4 is 14.5 Å². The quantitative estimate of drug-likeness (QED) is 0.440. The van der Waals surface area contributed by atoms with E-state index in [2.05, 4.69) is 24.6 Å². The van der Waals surface area contributed by atoms with E-state index in [1.807, 2.05) is 49.5 Å². The predicted octanol–water partition coefficient (Wildman–Crippen LogP) is 3.82. The zero-order valence-electron chi connectivity index (χ0n) is 10.4. The molecule has 3 heteroatoms. The van der Waals surface area contributed by atoms with Crippen LogP contribution in [0.2, 0.25) is 19.6 Å². The van der Waals surface area contributed by atoms with Gasteiger partial charge in [-0.25, -0.2) is 4.99 Å². The first-order valence-electron chi connectivity index (χ1n) is 5.46. The van der Waals surface area contributed by atoms with Crippen LogP contribution >= 0.6 is 0 Å². The molecule has 0 amide bonds. The molecule has 0 unspecified atom stereocenters. The van der Waals surface area contributed by atoms with Crippen LogP contribution in [0.1, 0.15) is 12.5 Å². The van der Waals surface area contributed by atoms with E-state index < -0.39 is 8.32 Å². The molecule has 0 radical (unpaired) electrons. The average Bonchev–Trinajstić information content (AvgIpc) is 2.24. The summed E-state index contributed by atoms with van der Waals surface area (Å²) in [4.78, 5) is 4.35. The van der Waals surface area contributed by atoms with Crippen LogP contribution < -0.4 is 0 Å². The highest BCUT2D eigenvalue weighted by Crippen LogP contribution is 2.11. The molecule has 2 nitrogen and oxygen atoms in total. The van der Waals surface area contributed by atoms with Gasteiger partial charge in [0, 0.05) is 6.21 Å². The Morgan fingerprint density at radius 3 is 2.31 bits per heavy atom. The predicted molar refractivity (Wildman–Crippen MR) is 72.2 cm³/mol. The summed E-state index contributed by atoms with van der Waals surface area (Å²) in [5.41, 5.74) is 1.08. The van der Waals surface area contributed by atoms with E-state index in [4.69, 9.17) is 4.43 Å². The van der Waals surface area contributed by atoms with Crippen molar-refractivity contribution in [2.45, 2.75) is 26.6 Å². The molecule has 0 bridgehead atoms. The molecule has 86 valence electrons. The van der Waals surface area contributed by atoms with E-state index in [0.717, 1.165) is 5.56 Å². The van der Waals surface area contributed by atoms with Gasteiger partial charge in [-0.05, 0) is 38.2 Å². The number of hydrogen-bond donors (Lipinski definition) is 0. The minimum atomic E-state index is -1.56. The second kappa shape index (κ2) is 5.65. The van der Waals surface area contributed by atoms with Gasteiger partial charge < -0.3 is 4.43 Å². The van der Waals surface area contributed by atoms with Gasteiger partial charge in [-0.1, -0.05) is 30.3 Å². The van der Waals surface area contributed by atoms with Gasteiger partial charge in [0.1, 0.15) is 0 Å². The summed E-state index contributed by atoms with van der Waals surface area (Å²) in [7, 11) is -1.56. The topological polar surface area (TPSA) is 21.6 Å². The van der Waals surface area contributed by atoms with Crippen molar-refractivity contribution < 1.29 is 4.43 Å². The Labute approximate surface area is 98.8 Å². The first-order chi connectivity index (χ1) is 7.51. The van der Waals surface area contributed by atoms with Crippen molar-refractivity contribution in [2.24, 2.45) is 4.99 Å². The number of benzene rings is 1. The summed E-state index contributed by atoms with van der Waals surface area (Å²) >= 11 is 0. The Morgan fingerprint density at radius 1 is 1.19 bits per heavy atom. The summed E-state index contributed by atoms with van der Waals surface area (Å²) < 4.78 is 5.81. The van der Waals surface area contributed by atoms with Crippen molar-refractivity contribution in [3.63, 3.8) is 0 Å². The third-order valence-corrected chi connectivity index (χ3v) is 2.62. The molecule has 0 aliphatic rings. The Bertz CT molecular complexity index is 377. The second-order valence-corrected chi connectivity index (χ2v) is 8.94. The van der Waals surface area contributed by atoms with Crippen LogP contribution in [0.15, 0.2) is 47.3 Å². The maximum atomic E-state index is 5.81. The van der Waals surface area contributed by atoms with Crippen LogP contribution in [-0.4, -0.2) is 14.5 Å². The molecule has 0 aliphatic carbocycles. The minimum absolute atomic E-state index is 0.711. The first-order valence-corrected chi connectivity index (χ1v) is 8.86. The Morgan fingerprint density at radius 2 is 1.81 bits per heavy atom. The molecule has 0 atom stereocenters. The van der Waals surface area contributed by atoms with Crippen molar-refractivity contribution in [3.05, 3.63) is 47.9 Å². The highest BCUT2D eigenvalue weighted by Gasteiger charge is 2.16. The lowest BCUT2D eigenvalue weighted by atomic mass is 10.2. The highest BCUT2D eigenvalue weighted by atomic mass is 28.4. The fourth-order valence-electron chi connectivity index (χ4n) is 1.15. The van der Waals surface area contributed by atoms with Gasteiger partial charge in [-0.2, -0.15) is 0 Å². The fraction of sp³-hybridized carbons (Fsp3) is 0.308. The maximum Gasteiger partial charge on any atom is 0.244 e. The van der Waals surface area contributed by atoms with Crippen molar-refractivity contribution in [1.82, 2.24) is 0 Å². The van der Waals surface area contributed by atoms with Gasteiger partial charge in [-0.15, -0.1) is 0 Å². The lowest BCUT2D eigenvalue weighted by Gasteiger charge is -2.18.